The zero-order chi connectivity index (χ0) is 20.4. The molecule has 0 aliphatic carbocycles. The van der Waals surface area contributed by atoms with E-state index >= 15 is 0 Å². The number of hydrogen-bond acceptors (Lipinski definition) is 1. The van der Waals surface area contributed by atoms with Crippen molar-refractivity contribution in [2.24, 2.45) is 0 Å². The molecule has 0 N–H and O–H groups in total. The van der Waals surface area contributed by atoms with E-state index in [4.69, 9.17) is 0 Å². The summed E-state index contributed by atoms with van der Waals surface area (Å²) in [5.74, 6) is -1.32. The largest absolute Gasteiger partial charge is 0.303 e. The summed E-state index contributed by atoms with van der Waals surface area (Å²) in [6.45, 7) is 0.239. The average molecular weight is 391 g/mol. The van der Waals surface area contributed by atoms with Gasteiger partial charge in [0.25, 0.3) is 5.91 Å². The first kappa shape index (κ1) is 18.7. The molecule has 3 aromatic carbocycles. The Morgan fingerprint density at radius 3 is 1.83 bits per heavy atom. The third-order valence-electron chi connectivity index (χ3n) is 4.66. The Kier molecular flexibility index (Phi) is 5.04. The number of hydrogen-bond donors (Lipinski definition) is 0. The van der Waals surface area contributed by atoms with Crippen molar-refractivity contribution in [3.05, 3.63) is 119 Å². The van der Waals surface area contributed by atoms with Crippen LogP contribution in [0.2, 0.25) is 0 Å². The minimum absolute atomic E-state index is 0.238. The molecule has 2 nitrogen and oxygen atoms in total. The molecule has 1 aliphatic rings. The molecule has 0 unspecified atom stereocenters. The van der Waals surface area contributed by atoms with Crippen molar-refractivity contribution in [2.45, 2.75) is 6.54 Å². The van der Waals surface area contributed by atoms with Crippen LogP contribution in [0.5, 0.6) is 0 Å². The van der Waals surface area contributed by atoms with Gasteiger partial charge < -0.3 is 4.90 Å². The first-order chi connectivity index (χ1) is 14.0. The van der Waals surface area contributed by atoms with Crippen molar-refractivity contribution in [3.63, 3.8) is 0 Å². The van der Waals surface area contributed by atoms with E-state index in [1.807, 2.05) is 0 Å². The zero-order valence-electron chi connectivity index (χ0n) is 15.3. The van der Waals surface area contributed by atoms with Crippen molar-refractivity contribution in [1.82, 2.24) is 4.90 Å². The van der Waals surface area contributed by atoms with E-state index in [0.29, 0.717) is 22.4 Å². The zero-order valence-corrected chi connectivity index (χ0v) is 15.3. The van der Waals surface area contributed by atoms with Crippen LogP contribution in [0, 0.1) is 17.5 Å². The number of carbonyl (C=O) groups is 1. The number of halogens is 3. The number of benzene rings is 3. The quantitative estimate of drug-likeness (QED) is 0.533. The number of rotatable bonds is 4. The third kappa shape index (κ3) is 4.14. The molecular weight excluding hydrogens is 375 g/mol. The summed E-state index contributed by atoms with van der Waals surface area (Å²) in [6, 6.07) is 17.6. The maximum Gasteiger partial charge on any atom is 0.258 e. The molecule has 1 heterocycles. The summed E-state index contributed by atoms with van der Waals surface area (Å²) >= 11 is 0. The Labute approximate surface area is 166 Å². The average Bonchev–Trinajstić information content (AvgIpc) is 3.02. The van der Waals surface area contributed by atoms with Crippen LogP contribution in [0.3, 0.4) is 0 Å². The third-order valence-corrected chi connectivity index (χ3v) is 4.66. The normalized spacial score (nSPS) is 15.1. The predicted octanol–water partition coefficient (Wildman–Crippen LogP) is 5.57. The molecule has 144 valence electrons. The van der Waals surface area contributed by atoms with Crippen molar-refractivity contribution in [3.8, 4) is 0 Å². The van der Waals surface area contributed by atoms with E-state index < -0.39 is 0 Å². The van der Waals surface area contributed by atoms with E-state index in [1.165, 1.54) is 36.4 Å². The Hall–Kier alpha value is -3.60. The van der Waals surface area contributed by atoms with Gasteiger partial charge in [0.05, 0.1) is 12.2 Å². The van der Waals surface area contributed by atoms with Crippen molar-refractivity contribution in [1.29, 1.82) is 0 Å². The highest BCUT2D eigenvalue weighted by Crippen LogP contribution is 2.32. The van der Waals surface area contributed by atoms with Gasteiger partial charge in [0, 0.05) is 5.57 Å². The molecule has 0 radical (unpaired) electrons. The summed E-state index contributed by atoms with van der Waals surface area (Å²) in [7, 11) is 0. The van der Waals surface area contributed by atoms with Gasteiger partial charge in [-0.15, -0.1) is 0 Å². The standard InChI is InChI=1S/C24H16F3NO/c25-20-7-1-16(2-8-20)13-19-14-23(18-5-11-22(27)12-6-18)28(24(19)29)15-17-3-9-21(26)10-4-17/h1-14H,15H2/b19-13-. The Morgan fingerprint density at radius 1 is 0.724 bits per heavy atom. The SMILES string of the molecule is O=C1/C(=C\c2ccc(F)cc2)C=C(c2ccc(F)cc2)N1Cc1ccc(F)cc1. The van der Waals surface area contributed by atoms with Crippen LogP contribution in [0.4, 0.5) is 13.2 Å². The van der Waals surface area contributed by atoms with E-state index in [9.17, 15) is 18.0 Å². The maximum atomic E-state index is 13.4. The lowest BCUT2D eigenvalue weighted by Gasteiger charge is -2.21. The molecule has 5 heteroatoms. The van der Waals surface area contributed by atoms with E-state index in [1.54, 1.807) is 53.5 Å². The second-order valence-electron chi connectivity index (χ2n) is 6.71. The van der Waals surface area contributed by atoms with Gasteiger partial charge in [-0.25, -0.2) is 13.2 Å². The second-order valence-corrected chi connectivity index (χ2v) is 6.71. The highest BCUT2D eigenvalue weighted by atomic mass is 19.1. The number of amides is 1. The fraction of sp³-hybridized carbons (Fsp3) is 0.0417. The minimum Gasteiger partial charge on any atom is -0.303 e. The fourth-order valence-corrected chi connectivity index (χ4v) is 3.18. The molecule has 29 heavy (non-hydrogen) atoms. The van der Waals surface area contributed by atoms with Gasteiger partial charge in [-0.05, 0) is 77.4 Å². The van der Waals surface area contributed by atoms with Gasteiger partial charge >= 0.3 is 0 Å². The second kappa shape index (κ2) is 7.80. The van der Waals surface area contributed by atoms with Gasteiger partial charge in [-0.1, -0.05) is 24.3 Å². The summed E-state index contributed by atoms with van der Waals surface area (Å²) < 4.78 is 39.7. The van der Waals surface area contributed by atoms with Crippen LogP contribution in [0.1, 0.15) is 16.7 Å². The molecular formula is C24H16F3NO. The first-order valence-corrected chi connectivity index (χ1v) is 9.01. The Balaban J connectivity index is 1.72. The topological polar surface area (TPSA) is 20.3 Å². The van der Waals surface area contributed by atoms with Crippen LogP contribution in [-0.4, -0.2) is 10.8 Å². The smallest absolute Gasteiger partial charge is 0.258 e. The van der Waals surface area contributed by atoms with Crippen LogP contribution in [0.15, 0.2) is 84.4 Å². The molecule has 0 saturated carbocycles. The summed E-state index contributed by atoms with van der Waals surface area (Å²) in [5, 5.41) is 0. The minimum atomic E-state index is -0.370. The van der Waals surface area contributed by atoms with Gasteiger partial charge in [0.2, 0.25) is 0 Å². The molecule has 1 amide bonds. The predicted molar refractivity (Wildman–Crippen MR) is 106 cm³/mol. The van der Waals surface area contributed by atoms with Crippen LogP contribution >= 0.6 is 0 Å². The van der Waals surface area contributed by atoms with Gasteiger partial charge in [0.1, 0.15) is 17.5 Å². The molecule has 1 aliphatic heterocycles. The molecule has 0 fully saturated rings. The molecule has 4 rings (SSSR count). The van der Waals surface area contributed by atoms with Crippen molar-refractivity contribution in [2.75, 3.05) is 0 Å². The molecule has 0 atom stereocenters. The summed E-state index contributed by atoms with van der Waals surface area (Å²) in [4.78, 5) is 14.6. The van der Waals surface area contributed by atoms with Crippen molar-refractivity contribution < 1.29 is 18.0 Å². The Morgan fingerprint density at radius 2 is 1.24 bits per heavy atom. The maximum absolute atomic E-state index is 13.4. The number of nitrogens with zero attached hydrogens (tertiary/aromatic N) is 1. The highest BCUT2D eigenvalue weighted by Gasteiger charge is 2.29. The van der Waals surface area contributed by atoms with Crippen molar-refractivity contribution >= 4 is 17.7 Å². The summed E-state index contributed by atoms with van der Waals surface area (Å²) in [6.07, 6.45) is 3.40. The fourth-order valence-electron chi connectivity index (χ4n) is 3.18. The molecule has 3 aromatic rings. The van der Waals surface area contributed by atoms with Crippen LogP contribution in [-0.2, 0) is 11.3 Å². The van der Waals surface area contributed by atoms with E-state index in [-0.39, 0.29) is 29.9 Å². The van der Waals surface area contributed by atoms with Gasteiger partial charge in [-0.3, -0.25) is 4.79 Å². The molecule has 0 saturated heterocycles. The van der Waals surface area contributed by atoms with Gasteiger partial charge in [0.15, 0.2) is 0 Å². The molecule has 0 spiro atoms. The molecule has 0 bridgehead atoms. The van der Waals surface area contributed by atoms with Crippen LogP contribution < -0.4 is 0 Å². The van der Waals surface area contributed by atoms with Crippen LogP contribution in [0.25, 0.3) is 11.8 Å². The Bertz CT molecular complexity index is 1100. The molecule has 0 aromatic heterocycles. The van der Waals surface area contributed by atoms with Gasteiger partial charge in [-0.2, -0.15) is 0 Å². The lowest BCUT2D eigenvalue weighted by Crippen LogP contribution is -2.25. The monoisotopic (exact) mass is 391 g/mol. The first-order valence-electron chi connectivity index (χ1n) is 9.01. The van der Waals surface area contributed by atoms with E-state index in [2.05, 4.69) is 0 Å². The number of carbonyl (C=O) groups excluding carboxylic acids is 1. The lowest BCUT2D eigenvalue weighted by atomic mass is 10.1. The summed E-state index contributed by atoms with van der Waals surface area (Å²) in [5.41, 5.74) is 3.18. The van der Waals surface area contributed by atoms with E-state index in [0.717, 1.165) is 5.56 Å². The highest BCUT2D eigenvalue weighted by molar-refractivity contribution is 6.10. The lowest BCUT2D eigenvalue weighted by molar-refractivity contribution is -0.123.